The Morgan fingerprint density at radius 1 is 1.09 bits per heavy atom. The van der Waals surface area contributed by atoms with Gasteiger partial charge >= 0.3 is 0 Å². The number of nitrogens with one attached hydrogen (secondary N) is 1. The summed E-state index contributed by atoms with van der Waals surface area (Å²) in [5, 5.41) is 3.94. The number of methoxy groups -OCH3 is 2. The minimum Gasteiger partial charge on any atom is -0.495 e. The Balaban J connectivity index is 1.22. The van der Waals surface area contributed by atoms with Crippen LogP contribution in [0.3, 0.4) is 0 Å². The number of benzene rings is 2. The van der Waals surface area contributed by atoms with Gasteiger partial charge in [0.05, 0.1) is 20.0 Å². The molecule has 0 atom stereocenters. The number of halogens is 1. The van der Waals surface area contributed by atoms with E-state index in [0.717, 1.165) is 64.5 Å². The van der Waals surface area contributed by atoms with E-state index in [4.69, 9.17) is 14.5 Å². The lowest BCUT2D eigenvalue weighted by Gasteiger charge is -2.34. The average molecular weight is 491 g/mol. The molecule has 2 aromatic carbocycles. The Kier molecular flexibility index (Phi) is 7.89. The average Bonchev–Trinajstić information content (AvgIpc) is 3.29. The second kappa shape index (κ2) is 11.0. The van der Waals surface area contributed by atoms with E-state index in [-0.39, 0.29) is 11.7 Å². The number of fused-ring (bicyclic) bond motifs is 1. The first-order valence-corrected chi connectivity index (χ1v) is 12.5. The van der Waals surface area contributed by atoms with Crippen molar-refractivity contribution in [3.63, 3.8) is 0 Å². The van der Waals surface area contributed by atoms with Crippen LogP contribution in [0.4, 0.5) is 9.52 Å². The minimum absolute atomic E-state index is 0.0136. The first-order chi connectivity index (χ1) is 16.1. The van der Waals surface area contributed by atoms with Crippen LogP contribution >= 0.6 is 23.1 Å². The lowest BCUT2D eigenvalue weighted by Crippen LogP contribution is -2.48. The molecule has 176 valence electrons. The molecule has 1 aliphatic heterocycles. The highest BCUT2D eigenvalue weighted by Gasteiger charge is 2.22. The van der Waals surface area contributed by atoms with E-state index in [1.807, 2.05) is 12.1 Å². The highest BCUT2D eigenvalue weighted by Crippen LogP contribution is 2.40. The molecule has 1 N–H and O–H groups in total. The Bertz CT molecular complexity index is 1040. The summed E-state index contributed by atoms with van der Waals surface area (Å²) in [4.78, 5) is 22.4. The molecule has 7 nitrogen and oxygen atoms in total. The number of hydrogen-bond donors (Lipinski definition) is 1. The first-order valence-electron chi connectivity index (χ1n) is 10.7. The van der Waals surface area contributed by atoms with Crippen molar-refractivity contribution in [2.45, 2.75) is 4.90 Å². The number of nitrogens with zero attached hydrogens (tertiary/aromatic N) is 3. The zero-order valence-electron chi connectivity index (χ0n) is 18.7. The fraction of sp³-hybridized carbons (Fsp3) is 0.391. The van der Waals surface area contributed by atoms with Crippen molar-refractivity contribution >= 4 is 44.4 Å². The van der Waals surface area contributed by atoms with Crippen LogP contribution in [0.15, 0.2) is 41.3 Å². The van der Waals surface area contributed by atoms with Gasteiger partial charge in [0, 0.05) is 44.2 Å². The molecule has 1 aliphatic rings. The van der Waals surface area contributed by atoms with Crippen LogP contribution in [-0.2, 0) is 4.79 Å². The number of carbonyl (C=O) groups excluding carboxylic acids is 1. The molecule has 1 aromatic heterocycles. The van der Waals surface area contributed by atoms with Crippen LogP contribution in [-0.4, -0.2) is 75.0 Å². The maximum Gasteiger partial charge on any atom is 0.230 e. The molecule has 1 amide bonds. The Morgan fingerprint density at radius 2 is 1.79 bits per heavy atom. The molecular formula is C23H27FN4O3S2. The van der Waals surface area contributed by atoms with Gasteiger partial charge in [-0.15, -0.1) is 11.8 Å². The van der Waals surface area contributed by atoms with Gasteiger partial charge < -0.3 is 19.7 Å². The second-order valence-corrected chi connectivity index (χ2v) is 9.59. The summed E-state index contributed by atoms with van der Waals surface area (Å²) in [6.07, 6.45) is 0. The van der Waals surface area contributed by atoms with E-state index >= 15 is 0 Å². The molecule has 0 radical (unpaired) electrons. The first kappa shape index (κ1) is 23.6. The molecule has 4 rings (SSSR count). The van der Waals surface area contributed by atoms with E-state index < -0.39 is 0 Å². The summed E-state index contributed by atoms with van der Waals surface area (Å²) in [5.41, 5.74) is 0.834. The number of anilines is 1. The van der Waals surface area contributed by atoms with Gasteiger partial charge in [0.1, 0.15) is 27.5 Å². The molecule has 2 heterocycles. The molecule has 33 heavy (non-hydrogen) atoms. The number of carbonyl (C=O) groups is 1. The fourth-order valence-electron chi connectivity index (χ4n) is 3.66. The van der Waals surface area contributed by atoms with Crippen LogP contribution in [0.2, 0.25) is 0 Å². The molecule has 10 heteroatoms. The van der Waals surface area contributed by atoms with Crippen molar-refractivity contribution in [1.29, 1.82) is 0 Å². The van der Waals surface area contributed by atoms with Crippen molar-refractivity contribution in [3.8, 4) is 11.5 Å². The number of piperazine rings is 1. The Labute approximate surface area is 200 Å². The number of thiazole rings is 1. The summed E-state index contributed by atoms with van der Waals surface area (Å²) < 4.78 is 24.9. The standard InChI is InChI=1S/C23H27FN4O3S2/c1-30-18-7-8-19(31-2)22-21(18)26-23(33-22)28-13-11-27(12-14-28)10-9-25-20(29)15-32-17-5-3-16(24)4-6-17/h3-8H,9-15H2,1-2H3,(H,25,29). The number of ether oxygens (including phenoxy) is 2. The Hall–Kier alpha value is -2.56. The zero-order chi connectivity index (χ0) is 23.2. The van der Waals surface area contributed by atoms with Crippen molar-refractivity contribution in [1.82, 2.24) is 15.2 Å². The molecule has 1 saturated heterocycles. The van der Waals surface area contributed by atoms with Crippen molar-refractivity contribution in [3.05, 3.63) is 42.2 Å². The third kappa shape index (κ3) is 5.87. The lowest BCUT2D eigenvalue weighted by atomic mass is 10.3. The van der Waals surface area contributed by atoms with Crippen molar-refractivity contribution in [2.75, 3.05) is 64.1 Å². The summed E-state index contributed by atoms with van der Waals surface area (Å²) in [7, 11) is 3.32. The molecule has 1 fully saturated rings. The highest BCUT2D eigenvalue weighted by molar-refractivity contribution is 8.00. The molecule has 0 bridgehead atoms. The maximum atomic E-state index is 13.0. The van der Waals surface area contributed by atoms with Crippen LogP contribution in [0.1, 0.15) is 0 Å². The predicted molar refractivity (Wildman–Crippen MR) is 132 cm³/mol. The van der Waals surface area contributed by atoms with Gasteiger partial charge in [-0.1, -0.05) is 11.3 Å². The molecule has 3 aromatic rings. The van der Waals surface area contributed by atoms with E-state index in [9.17, 15) is 9.18 Å². The highest BCUT2D eigenvalue weighted by atomic mass is 32.2. The smallest absolute Gasteiger partial charge is 0.230 e. The topological polar surface area (TPSA) is 66.9 Å². The normalized spacial score (nSPS) is 14.5. The van der Waals surface area contributed by atoms with Gasteiger partial charge in [-0.25, -0.2) is 9.37 Å². The van der Waals surface area contributed by atoms with Crippen molar-refractivity contribution in [2.24, 2.45) is 0 Å². The van der Waals surface area contributed by atoms with Crippen LogP contribution in [0.25, 0.3) is 10.2 Å². The molecule has 0 aliphatic carbocycles. The van der Waals surface area contributed by atoms with Gasteiger partial charge in [-0.2, -0.15) is 0 Å². The quantitative estimate of drug-likeness (QED) is 0.461. The van der Waals surface area contributed by atoms with Crippen LogP contribution < -0.4 is 19.7 Å². The number of hydrogen-bond acceptors (Lipinski definition) is 8. The monoisotopic (exact) mass is 490 g/mol. The van der Waals surface area contributed by atoms with E-state index in [1.165, 1.54) is 23.9 Å². The SMILES string of the molecule is COc1ccc(OC)c2sc(N3CCN(CCNC(=O)CSc4ccc(F)cc4)CC3)nc12. The Morgan fingerprint density at radius 3 is 2.48 bits per heavy atom. The van der Waals surface area contributed by atoms with Gasteiger partial charge in [0.2, 0.25) is 5.91 Å². The van der Waals surface area contributed by atoms with Crippen molar-refractivity contribution < 1.29 is 18.7 Å². The van der Waals surface area contributed by atoms with Gasteiger partial charge in [-0.05, 0) is 36.4 Å². The van der Waals surface area contributed by atoms with E-state index in [0.29, 0.717) is 12.3 Å². The molecule has 0 spiro atoms. The minimum atomic E-state index is -0.272. The third-order valence-corrected chi connectivity index (χ3v) is 7.62. The van der Waals surface area contributed by atoms with E-state index in [1.54, 1.807) is 37.7 Å². The molecule has 0 unspecified atom stereocenters. The number of rotatable bonds is 9. The molecular weight excluding hydrogens is 463 g/mol. The van der Waals surface area contributed by atoms with Gasteiger partial charge in [0.25, 0.3) is 0 Å². The summed E-state index contributed by atoms with van der Waals surface area (Å²) in [6, 6.07) is 9.97. The van der Waals surface area contributed by atoms with Crippen LogP contribution in [0, 0.1) is 5.82 Å². The summed E-state index contributed by atoms with van der Waals surface area (Å²) in [6.45, 7) is 4.98. The summed E-state index contributed by atoms with van der Waals surface area (Å²) in [5.74, 6) is 1.60. The largest absolute Gasteiger partial charge is 0.495 e. The van der Waals surface area contributed by atoms with Gasteiger partial charge in [-0.3, -0.25) is 9.69 Å². The summed E-state index contributed by atoms with van der Waals surface area (Å²) >= 11 is 3.03. The third-order valence-electron chi connectivity index (χ3n) is 5.48. The van der Waals surface area contributed by atoms with Gasteiger partial charge in [0.15, 0.2) is 5.13 Å². The second-order valence-electron chi connectivity index (χ2n) is 7.57. The molecule has 0 saturated carbocycles. The number of thioether (sulfide) groups is 1. The van der Waals surface area contributed by atoms with E-state index in [2.05, 4.69) is 15.1 Å². The maximum absolute atomic E-state index is 13.0. The lowest BCUT2D eigenvalue weighted by molar-refractivity contribution is -0.118. The number of aromatic nitrogens is 1. The predicted octanol–water partition coefficient (Wildman–Crippen LogP) is 3.48. The van der Waals surface area contributed by atoms with Crippen LogP contribution in [0.5, 0.6) is 11.5 Å². The fourth-order valence-corrected chi connectivity index (χ4v) is 5.51. The number of amides is 1. The zero-order valence-corrected chi connectivity index (χ0v) is 20.3.